The Morgan fingerprint density at radius 3 is 3.33 bits per heavy atom. The summed E-state index contributed by atoms with van der Waals surface area (Å²) in [5, 5.41) is 0. The third-order valence-electron chi connectivity index (χ3n) is 0.701. The van der Waals surface area contributed by atoms with Gasteiger partial charge in [-0.3, -0.25) is 0 Å². The molecule has 0 amide bonds. The van der Waals surface area contributed by atoms with E-state index in [-0.39, 0.29) is 16.3 Å². The van der Waals surface area contributed by atoms with Crippen molar-refractivity contribution in [3.05, 3.63) is 22.4 Å². The number of anilines is 1. The maximum atomic E-state index is 7.40. The molecule has 1 aromatic heterocycles. The minimum absolute atomic E-state index is 0.0390. The van der Waals surface area contributed by atoms with Gasteiger partial charge in [-0.25, -0.2) is 4.98 Å². The summed E-state index contributed by atoms with van der Waals surface area (Å²) >= 11 is 2.91. The Morgan fingerprint density at radius 2 is 2.67 bits per heavy atom. The summed E-state index contributed by atoms with van der Waals surface area (Å²) in [7, 11) is 0. The predicted molar refractivity (Wildman–Crippen MR) is 41.1 cm³/mol. The van der Waals surface area contributed by atoms with Crippen molar-refractivity contribution in [2.45, 2.75) is 6.85 Å². The highest BCUT2D eigenvalue weighted by Gasteiger charge is 1.90. The molecule has 0 aliphatic rings. The van der Waals surface area contributed by atoms with Crippen molar-refractivity contribution < 1.29 is 6.85 Å². The number of hydrogen-bond donors (Lipinski definition) is 1. The van der Waals surface area contributed by atoms with E-state index >= 15 is 0 Å². The molecule has 0 aliphatic carbocycles. The Balaban J connectivity index is 3.49. The Hall–Kier alpha value is -0.570. The van der Waals surface area contributed by atoms with Crippen LogP contribution in [0.5, 0.6) is 0 Å². The summed E-state index contributed by atoms with van der Waals surface area (Å²) in [6.45, 7) is -2.48. The lowest BCUT2D eigenvalue weighted by molar-refractivity contribution is 1.17. The molecular formula is C6H7BrN2. The Kier molecular flexibility index (Phi) is 0.674. The molecule has 0 aliphatic heterocycles. The first kappa shape index (κ1) is 2.58. The number of hydrogen-bond acceptors (Lipinski definition) is 2. The molecule has 2 N–H and O–H groups in total. The lowest BCUT2D eigenvalue weighted by atomic mass is 10.3. The van der Waals surface area contributed by atoms with Gasteiger partial charge in [0.1, 0.15) is 4.60 Å². The molecule has 3 heteroatoms. The minimum Gasteiger partial charge on any atom is -0.399 e. The van der Waals surface area contributed by atoms with Crippen LogP contribution in [0.1, 0.15) is 12.5 Å². The summed E-state index contributed by atoms with van der Waals surface area (Å²) in [5.41, 5.74) is 4.81. The Morgan fingerprint density at radius 1 is 1.89 bits per heavy atom. The quantitative estimate of drug-likeness (QED) is 0.635. The van der Waals surface area contributed by atoms with Gasteiger partial charge in [0.05, 0.1) is 2.74 Å². The lowest BCUT2D eigenvalue weighted by Gasteiger charge is -1.94. The molecule has 2 nitrogen and oxygen atoms in total. The molecule has 0 unspecified atom stereocenters. The van der Waals surface area contributed by atoms with Crippen LogP contribution in [0.4, 0.5) is 5.69 Å². The number of nitrogens with two attached hydrogens (primary N) is 1. The number of nitrogen functional groups attached to an aromatic ring is 1. The second kappa shape index (κ2) is 2.35. The standard InChI is InChI=1S/C6H7BrN2/c1-4-2-5(8)3-6(7)9-4/h2-3H,1H3,(H2,8,9)/i1D3,2D,3D. The zero-order valence-electron chi connectivity index (χ0n) is 9.40. The first-order valence-corrected chi connectivity index (χ1v) is 2.97. The van der Waals surface area contributed by atoms with Gasteiger partial charge in [0.2, 0.25) is 0 Å². The van der Waals surface area contributed by atoms with Gasteiger partial charge in [-0.2, -0.15) is 0 Å². The maximum Gasteiger partial charge on any atom is 0.108 e. The van der Waals surface area contributed by atoms with Crippen LogP contribution in [0.3, 0.4) is 0 Å². The van der Waals surface area contributed by atoms with E-state index in [0.717, 1.165) is 0 Å². The third kappa shape index (κ3) is 1.68. The molecule has 1 rings (SSSR count). The van der Waals surface area contributed by atoms with Crippen LogP contribution in [0, 0.1) is 6.85 Å². The normalized spacial score (nSPS) is 19.0. The van der Waals surface area contributed by atoms with Gasteiger partial charge in [-0.1, -0.05) is 0 Å². The van der Waals surface area contributed by atoms with E-state index in [4.69, 9.17) is 12.6 Å². The van der Waals surface area contributed by atoms with E-state index < -0.39 is 18.6 Å². The summed E-state index contributed by atoms with van der Waals surface area (Å²) in [4.78, 5) is 3.60. The molecule has 9 heavy (non-hydrogen) atoms. The fourth-order valence-electron chi connectivity index (χ4n) is 0.424. The molecule has 0 radical (unpaired) electrons. The average molecular weight is 192 g/mol. The van der Waals surface area contributed by atoms with Crippen LogP contribution >= 0.6 is 15.9 Å². The molecule has 0 atom stereocenters. The van der Waals surface area contributed by atoms with Gasteiger partial charge in [0, 0.05) is 15.5 Å². The van der Waals surface area contributed by atoms with Gasteiger partial charge in [0.15, 0.2) is 0 Å². The van der Waals surface area contributed by atoms with Crippen molar-refractivity contribution in [3.63, 3.8) is 0 Å². The molecule has 48 valence electrons. The van der Waals surface area contributed by atoms with Gasteiger partial charge >= 0.3 is 0 Å². The van der Waals surface area contributed by atoms with Crippen LogP contribution in [-0.4, -0.2) is 4.98 Å². The number of nitrogens with zero attached hydrogens (tertiary/aromatic N) is 1. The van der Waals surface area contributed by atoms with E-state index in [0.29, 0.717) is 0 Å². The third-order valence-corrected chi connectivity index (χ3v) is 1.08. The zero-order chi connectivity index (χ0) is 11.1. The smallest absolute Gasteiger partial charge is 0.108 e. The van der Waals surface area contributed by atoms with E-state index in [1.807, 2.05) is 0 Å². The van der Waals surface area contributed by atoms with Crippen molar-refractivity contribution in [2.75, 3.05) is 5.73 Å². The molecule has 1 aromatic rings. The molecular weight excluding hydrogens is 180 g/mol. The molecule has 0 saturated heterocycles. The van der Waals surface area contributed by atoms with Gasteiger partial charge in [0.25, 0.3) is 0 Å². The van der Waals surface area contributed by atoms with Crippen LogP contribution in [0.2, 0.25) is 0 Å². The number of aromatic nitrogens is 1. The van der Waals surface area contributed by atoms with Crippen molar-refractivity contribution >= 4 is 21.6 Å². The fourth-order valence-corrected chi connectivity index (χ4v) is 0.815. The summed E-state index contributed by atoms with van der Waals surface area (Å²) < 4.78 is 36.1. The van der Waals surface area contributed by atoms with Crippen LogP contribution in [0.15, 0.2) is 16.7 Å². The number of aryl methyl sites for hydroxylation is 1. The lowest BCUT2D eigenvalue weighted by Crippen LogP contribution is -1.88. The van der Waals surface area contributed by atoms with Crippen LogP contribution in [0.25, 0.3) is 0 Å². The SMILES string of the molecule is [2H]c1c(Br)nc(C([2H])([2H])[2H])c([2H])c1N. The van der Waals surface area contributed by atoms with E-state index in [9.17, 15) is 0 Å². The largest absolute Gasteiger partial charge is 0.399 e. The monoisotopic (exact) mass is 191 g/mol. The van der Waals surface area contributed by atoms with Crippen molar-refractivity contribution in [1.29, 1.82) is 0 Å². The number of halogens is 1. The van der Waals surface area contributed by atoms with Crippen LogP contribution in [-0.2, 0) is 0 Å². The zero-order valence-corrected chi connectivity index (χ0v) is 5.99. The van der Waals surface area contributed by atoms with Gasteiger partial charge in [-0.15, -0.1) is 0 Å². The molecule has 0 saturated carbocycles. The molecule has 0 fully saturated rings. The Bertz CT molecular complexity index is 375. The highest BCUT2D eigenvalue weighted by atomic mass is 79.9. The van der Waals surface area contributed by atoms with E-state index in [2.05, 4.69) is 20.9 Å². The topological polar surface area (TPSA) is 38.9 Å². The first-order chi connectivity index (χ1) is 6.25. The average Bonchev–Trinajstić information content (AvgIpc) is 2.06. The number of rotatable bonds is 0. The number of pyridine rings is 1. The highest BCUT2D eigenvalue weighted by Crippen LogP contribution is 2.11. The molecule has 1 heterocycles. The summed E-state index contributed by atoms with van der Waals surface area (Å²) in [6, 6.07) is -0.568. The highest BCUT2D eigenvalue weighted by molar-refractivity contribution is 9.10. The summed E-state index contributed by atoms with van der Waals surface area (Å²) in [5.74, 6) is 0. The molecule has 0 bridgehead atoms. The molecule has 0 spiro atoms. The molecule has 0 aromatic carbocycles. The van der Waals surface area contributed by atoms with Gasteiger partial charge < -0.3 is 5.73 Å². The van der Waals surface area contributed by atoms with Crippen LogP contribution < -0.4 is 5.73 Å². The Labute approximate surface area is 69.2 Å². The minimum atomic E-state index is -2.48. The van der Waals surface area contributed by atoms with Crippen molar-refractivity contribution in [1.82, 2.24) is 4.98 Å². The van der Waals surface area contributed by atoms with E-state index in [1.165, 1.54) is 0 Å². The maximum absolute atomic E-state index is 7.40. The second-order valence-electron chi connectivity index (χ2n) is 1.41. The second-order valence-corrected chi connectivity index (χ2v) is 2.17. The van der Waals surface area contributed by atoms with E-state index in [1.54, 1.807) is 0 Å². The first-order valence-electron chi connectivity index (χ1n) is 4.67. The summed E-state index contributed by atoms with van der Waals surface area (Å²) in [6.07, 6.45) is 0. The van der Waals surface area contributed by atoms with Crippen molar-refractivity contribution in [3.8, 4) is 0 Å². The van der Waals surface area contributed by atoms with Gasteiger partial charge in [-0.05, 0) is 34.9 Å². The van der Waals surface area contributed by atoms with Crippen molar-refractivity contribution in [2.24, 2.45) is 0 Å². The fraction of sp³-hybridized carbons (Fsp3) is 0.167. The predicted octanol–water partition coefficient (Wildman–Crippen LogP) is 1.73.